The number of nitriles is 1. The standard InChI is InChI=1S/C28H22N2O4/c1-2-33-27(31)21-11-13-25(14-12-21)30-17-24(16-29)26(18-30)22-9-6-10-23(15-22)28(32)34-19-20-7-4-3-5-8-20/h3-15,17-18H,2,19H2,1H3. The number of carbonyl (C=O) groups excluding carboxylic acids is 2. The summed E-state index contributed by atoms with van der Waals surface area (Å²) in [6, 6.07) is 25.6. The lowest BCUT2D eigenvalue weighted by Gasteiger charge is -2.07. The van der Waals surface area contributed by atoms with Crippen LogP contribution in [-0.2, 0) is 16.1 Å². The Labute approximate surface area is 197 Å². The van der Waals surface area contributed by atoms with Crippen LogP contribution in [-0.4, -0.2) is 23.1 Å². The zero-order chi connectivity index (χ0) is 23.9. The van der Waals surface area contributed by atoms with Crippen LogP contribution in [0.25, 0.3) is 16.8 Å². The van der Waals surface area contributed by atoms with Crippen molar-refractivity contribution in [3.8, 4) is 22.9 Å². The summed E-state index contributed by atoms with van der Waals surface area (Å²) in [5.41, 5.74) is 4.44. The molecule has 0 bridgehead atoms. The Morgan fingerprint density at radius 3 is 2.29 bits per heavy atom. The van der Waals surface area contributed by atoms with E-state index in [4.69, 9.17) is 9.47 Å². The van der Waals surface area contributed by atoms with E-state index in [1.54, 1.807) is 55.6 Å². The first-order chi connectivity index (χ1) is 16.6. The fourth-order valence-electron chi connectivity index (χ4n) is 3.53. The van der Waals surface area contributed by atoms with E-state index in [2.05, 4.69) is 6.07 Å². The Hall–Kier alpha value is -4.63. The van der Waals surface area contributed by atoms with E-state index in [0.717, 1.165) is 16.8 Å². The minimum Gasteiger partial charge on any atom is -0.462 e. The maximum Gasteiger partial charge on any atom is 0.338 e. The van der Waals surface area contributed by atoms with E-state index >= 15 is 0 Å². The number of nitrogens with zero attached hydrogens (tertiary/aromatic N) is 2. The van der Waals surface area contributed by atoms with Gasteiger partial charge < -0.3 is 14.0 Å². The number of aromatic nitrogens is 1. The maximum absolute atomic E-state index is 12.6. The van der Waals surface area contributed by atoms with Gasteiger partial charge in [-0.05, 0) is 54.4 Å². The summed E-state index contributed by atoms with van der Waals surface area (Å²) >= 11 is 0. The van der Waals surface area contributed by atoms with Crippen LogP contribution in [0.1, 0.15) is 38.8 Å². The molecule has 34 heavy (non-hydrogen) atoms. The van der Waals surface area contributed by atoms with Crippen molar-refractivity contribution < 1.29 is 19.1 Å². The van der Waals surface area contributed by atoms with Gasteiger partial charge in [0.1, 0.15) is 12.7 Å². The minimum absolute atomic E-state index is 0.186. The number of hydrogen-bond acceptors (Lipinski definition) is 5. The molecule has 0 aliphatic rings. The monoisotopic (exact) mass is 450 g/mol. The van der Waals surface area contributed by atoms with Crippen LogP contribution in [0.2, 0.25) is 0 Å². The van der Waals surface area contributed by atoms with E-state index in [0.29, 0.717) is 28.9 Å². The van der Waals surface area contributed by atoms with Crippen molar-refractivity contribution in [3.63, 3.8) is 0 Å². The van der Waals surface area contributed by atoms with Crippen LogP contribution >= 0.6 is 0 Å². The molecule has 4 aromatic rings. The molecule has 0 aliphatic carbocycles. The van der Waals surface area contributed by atoms with Crippen molar-refractivity contribution in [2.45, 2.75) is 13.5 Å². The Morgan fingerprint density at radius 1 is 0.853 bits per heavy atom. The summed E-state index contributed by atoms with van der Waals surface area (Å²) in [7, 11) is 0. The molecule has 0 N–H and O–H groups in total. The quantitative estimate of drug-likeness (QED) is 0.345. The number of rotatable bonds is 7. The third-order valence-electron chi connectivity index (χ3n) is 5.25. The second kappa shape index (κ2) is 10.3. The molecule has 0 fully saturated rings. The van der Waals surface area contributed by atoms with Gasteiger partial charge in [-0.15, -0.1) is 0 Å². The smallest absolute Gasteiger partial charge is 0.338 e. The molecule has 3 aromatic carbocycles. The summed E-state index contributed by atoms with van der Waals surface area (Å²) in [5, 5.41) is 9.69. The summed E-state index contributed by atoms with van der Waals surface area (Å²) in [4.78, 5) is 24.5. The predicted octanol–water partition coefficient (Wildman–Crippen LogP) is 5.55. The Balaban J connectivity index is 1.56. The van der Waals surface area contributed by atoms with Gasteiger partial charge in [-0.3, -0.25) is 0 Å². The Kier molecular flexibility index (Phi) is 6.85. The normalized spacial score (nSPS) is 10.4. The van der Waals surface area contributed by atoms with Crippen LogP contribution < -0.4 is 0 Å². The summed E-state index contributed by atoms with van der Waals surface area (Å²) in [6.45, 7) is 2.26. The molecule has 168 valence electrons. The Bertz CT molecular complexity index is 1350. The first-order valence-corrected chi connectivity index (χ1v) is 10.8. The molecule has 0 aliphatic heterocycles. The van der Waals surface area contributed by atoms with Gasteiger partial charge in [0, 0.05) is 23.6 Å². The van der Waals surface area contributed by atoms with Crippen LogP contribution in [0.15, 0.2) is 91.3 Å². The second-order valence-corrected chi connectivity index (χ2v) is 7.51. The molecule has 1 aromatic heterocycles. The van der Waals surface area contributed by atoms with E-state index in [-0.39, 0.29) is 12.6 Å². The van der Waals surface area contributed by atoms with E-state index in [1.165, 1.54) is 0 Å². The molecule has 1 heterocycles. The van der Waals surface area contributed by atoms with Gasteiger partial charge in [0.25, 0.3) is 0 Å². The average molecular weight is 450 g/mol. The third kappa shape index (κ3) is 5.05. The highest BCUT2D eigenvalue weighted by Gasteiger charge is 2.14. The average Bonchev–Trinajstić information content (AvgIpc) is 3.33. The van der Waals surface area contributed by atoms with Crippen LogP contribution in [0.5, 0.6) is 0 Å². The summed E-state index contributed by atoms with van der Waals surface area (Å²) < 4.78 is 12.3. The lowest BCUT2D eigenvalue weighted by molar-refractivity contribution is 0.0471. The van der Waals surface area contributed by atoms with Crippen molar-refractivity contribution in [2.24, 2.45) is 0 Å². The number of hydrogen-bond donors (Lipinski definition) is 0. The topological polar surface area (TPSA) is 81.3 Å². The largest absolute Gasteiger partial charge is 0.462 e. The zero-order valence-electron chi connectivity index (χ0n) is 18.6. The predicted molar refractivity (Wildman–Crippen MR) is 127 cm³/mol. The second-order valence-electron chi connectivity index (χ2n) is 7.51. The fourth-order valence-corrected chi connectivity index (χ4v) is 3.53. The van der Waals surface area contributed by atoms with E-state index in [9.17, 15) is 14.9 Å². The highest BCUT2D eigenvalue weighted by atomic mass is 16.5. The van der Waals surface area contributed by atoms with Gasteiger partial charge in [0.15, 0.2) is 0 Å². The number of esters is 2. The highest BCUT2D eigenvalue weighted by molar-refractivity contribution is 5.91. The van der Waals surface area contributed by atoms with Gasteiger partial charge in [-0.2, -0.15) is 5.26 Å². The van der Waals surface area contributed by atoms with Crippen molar-refractivity contribution in [3.05, 3.63) is 114 Å². The van der Waals surface area contributed by atoms with Gasteiger partial charge in [0.2, 0.25) is 0 Å². The van der Waals surface area contributed by atoms with Crippen LogP contribution in [0.3, 0.4) is 0 Å². The number of benzene rings is 3. The van der Waals surface area contributed by atoms with E-state index in [1.807, 2.05) is 47.2 Å². The molecule has 0 saturated carbocycles. The van der Waals surface area contributed by atoms with Gasteiger partial charge in [-0.1, -0.05) is 42.5 Å². The lowest BCUT2D eigenvalue weighted by Crippen LogP contribution is -2.05. The van der Waals surface area contributed by atoms with Crippen molar-refractivity contribution in [1.82, 2.24) is 4.57 Å². The van der Waals surface area contributed by atoms with Gasteiger partial charge in [0.05, 0.1) is 23.3 Å². The van der Waals surface area contributed by atoms with Crippen molar-refractivity contribution >= 4 is 11.9 Å². The van der Waals surface area contributed by atoms with E-state index < -0.39 is 5.97 Å². The number of ether oxygens (including phenoxy) is 2. The highest BCUT2D eigenvalue weighted by Crippen LogP contribution is 2.27. The van der Waals surface area contributed by atoms with Crippen LogP contribution in [0.4, 0.5) is 0 Å². The molecule has 4 rings (SSSR count). The minimum atomic E-state index is -0.432. The van der Waals surface area contributed by atoms with Gasteiger partial charge >= 0.3 is 11.9 Å². The first-order valence-electron chi connectivity index (χ1n) is 10.8. The SMILES string of the molecule is CCOC(=O)c1ccc(-n2cc(C#N)c(-c3cccc(C(=O)OCc4ccccc4)c3)c2)cc1. The summed E-state index contributed by atoms with van der Waals surface area (Å²) in [6.07, 6.45) is 3.54. The molecule has 0 spiro atoms. The molecular formula is C28H22N2O4. The maximum atomic E-state index is 12.6. The third-order valence-corrected chi connectivity index (χ3v) is 5.25. The molecule has 0 radical (unpaired) electrons. The molecule has 6 nitrogen and oxygen atoms in total. The molecule has 0 amide bonds. The molecular weight excluding hydrogens is 428 g/mol. The summed E-state index contributed by atoms with van der Waals surface area (Å²) in [5.74, 6) is -0.811. The fraction of sp³-hybridized carbons (Fsp3) is 0.107. The Morgan fingerprint density at radius 2 is 1.59 bits per heavy atom. The number of carbonyl (C=O) groups is 2. The van der Waals surface area contributed by atoms with Crippen molar-refractivity contribution in [2.75, 3.05) is 6.61 Å². The molecule has 0 saturated heterocycles. The van der Waals surface area contributed by atoms with Crippen molar-refractivity contribution in [1.29, 1.82) is 5.26 Å². The van der Waals surface area contributed by atoms with Crippen LogP contribution in [0, 0.1) is 11.3 Å². The van der Waals surface area contributed by atoms with Gasteiger partial charge in [-0.25, -0.2) is 9.59 Å². The zero-order valence-corrected chi connectivity index (χ0v) is 18.6. The first kappa shape index (κ1) is 22.6. The lowest BCUT2D eigenvalue weighted by atomic mass is 10.0. The molecule has 0 atom stereocenters. The molecule has 0 unspecified atom stereocenters. The molecule has 6 heteroatoms.